The number of likely N-dealkylation sites (tertiary alicyclic amines) is 1. The Morgan fingerprint density at radius 2 is 1.83 bits per heavy atom. The van der Waals surface area contributed by atoms with Gasteiger partial charge in [-0.05, 0) is 50.6 Å². The van der Waals surface area contributed by atoms with Crippen molar-refractivity contribution in [1.82, 2.24) is 10.2 Å². The Hall–Kier alpha value is -0.570. The highest BCUT2D eigenvalue weighted by Gasteiger charge is 2.35. The van der Waals surface area contributed by atoms with Gasteiger partial charge in [0.1, 0.15) is 0 Å². The number of nitrogens with one attached hydrogen (secondary N) is 1. The van der Waals surface area contributed by atoms with Crippen molar-refractivity contribution in [3.05, 3.63) is 0 Å². The minimum absolute atomic E-state index is 0.455. The third-order valence-electron chi connectivity index (χ3n) is 5.28. The lowest BCUT2D eigenvalue weighted by Gasteiger charge is -2.33. The van der Waals surface area contributed by atoms with Gasteiger partial charge in [0.25, 0.3) is 0 Å². The zero-order chi connectivity index (χ0) is 12.4. The second-order valence-corrected chi connectivity index (χ2v) is 6.38. The van der Waals surface area contributed by atoms with E-state index in [1.165, 1.54) is 44.9 Å². The first kappa shape index (κ1) is 12.5. The summed E-state index contributed by atoms with van der Waals surface area (Å²) in [7, 11) is 0. The lowest BCUT2D eigenvalue weighted by atomic mass is 9.83. The van der Waals surface area contributed by atoms with Crippen LogP contribution in [-0.4, -0.2) is 36.5 Å². The van der Waals surface area contributed by atoms with Crippen molar-refractivity contribution in [3.8, 4) is 0 Å². The van der Waals surface area contributed by atoms with Crippen molar-refractivity contribution in [2.24, 2.45) is 11.8 Å². The molecule has 2 aliphatic heterocycles. The Labute approximate surface area is 110 Å². The first-order valence-electron chi connectivity index (χ1n) is 7.85. The zero-order valence-electron chi connectivity index (χ0n) is 11.4. The second-order valence-electron chi connectivity index (χ2n) is 6.38. The SMILES string of the molecule is O=C1CC2CCNCC2CCN1C1CCCCC1. The molecule has 0 aromatic carbocycles. The fourth-order valence-electron chi connectivity index (χ4n) is 4.13. The Bertz CT molecular complexity index is 299. The zero-order valence-corrected chi connectivity index (χ0v) is 11.4. The normalized spacial score (nSPS) is 35.1. The van der Waals surface area contributed by atoms with Gasteiger partial charge in [0, 0.05) is 19.0 Å². The standard InChI is InChI=1S/C15H26N2O/c18-15-10-12-6-8-16-11-13(12)7-9-17(15)14-4-2-1-3-5-14/h12-14,16H,1-11H2. The van der Waals surface area contributed by atoms with Crippen LogP contribution in [0.15, 0.2) is 0 Å². The number of carbonyl (C=O) groups excluding carboxylic acids is 1. The highest BCUT2D eigenvalue weighted by molar-refractivity contribution is 5.77. The molecule has 102 valence electrons. The van der Waals surface area contributed by atoms with E-state index in [9.17, 15) is 4.79 Å². The maximum Gasteiger partial charge on any atom is 0.223 e. The average Bonchev–Trinajstić information content (AvgIpc) is 2.58. The number of nitrogens with zero attached hydrogens (tertiary/aromatic N) is 1. The van der Waals surface area contributed by atoms with Crippen LogP contribution in [0.1, 0.15) is 51.4 Å². The summed E-state index contributed by atoms with van der Waals surface area (Å²) in [5.41, 5.74) is 0. The molecule has 0 radical (unpaired) electrons. The molecule has 3 fully saturated rings. The fourth-order valence-corrected chi connectivity index (χ4v) is 4.13. The summed E-state index contributed by atoms with van der Waals surface area (Å²) in [4.78, 5) is 14.7. The van der Waals surface area contributed by atoms with Gasteiger partial charge >= 0.3 is 0 Å². The Balaban J connectivity index is 1.66. The number of hydrogen-bond donors (Lipinski definition) is 1. The molecule has 3 rings (SSSR count). The second kappa shape index (κ2) is 5.60. The van der Waals surface area contributed by atoms with Crippen LogP contribution in [-0.2, 0) is 4.79 Å². The summed E-state index contributed by atoms with van der Waals surface area (Å²) < 4.78 is 0. The first-order valence-corrected chi connectivity index (χ1v) is 7.85. The summed E-state index contributed by atoms with van der Waals surface area (Å²) >= 11 is 0. The number of rotatable bonds is 1. The van der Waals surface area contributed by atoms with Crippen molar-refractivity contribution in [2.75, 3.05) is 19.6 Å². The van der Waals surface area contributed by atoms with Crippen LogP contribution >= 0.6 is 0 Å². The summed E-state index contributed by atoms with van der Waals surface area (Å²) in [5, 5.41) is 3.49. The molecule has 0 aromatic heterocycles. The summed E-state index contributed by atoms with van der Waals surface area (Å²) in [5.74, 6) is 1.86. The molecule has 2 atom stereocenters. The summed E-state index contributed by atoms with van der Waals surface area (Å²) in [6, 6.07) is 0.569. The van der Waals surface area contributed by atoms with Gasteiger partial charge in [0.15, 0.2) is 0 Å². The van der Waals surface area contributed by atoms with Gasteiger partial charge in [-0.25, -0.2) is 0 Å². The molecule has 0 aromatic rings. The number of hydrogen-bond acceptors (Lipinski definition) is 2. The van der Waals surface area contributed by atoms with Crippen molar-refractivity contribution >= 4 is 5.91 Å². The molecule has 1 amide bonds. The Morgan fingerprint density at radius 1 is 1.00 bits per heavy atom. The van der Waals surface area contributed by atoms with Gasteiger partial charge in [0.2, 0.25) is 5.91 Å². The molecule has 0 spiro atoms. The molecular formula is C15H26N2O. The molecule has 1 saturated carbocycles. The molecule has 2 heterocycles. The molecular weight excluding hydrogens is 224 g/mol. The van der Waals surface area contributed by atoms with E-state index >= 15 is 0 Å². The van der Waals surface area contributed by atoms with E-state index in [1.807, 2.05) is 0 Å². The molecule has 1 N–H and O–H groups in total. The maximum absolute atomic E-state index is 12.5. The molecule has 0 bridgehead atoms. The molecule has 3 heteroatoms. The summed E-state index contributed by atoms with van der Waals surface area (Å²) in [6.45, 7) is 3.26. The number of fused-ring (bicyclic) bond motifs is 1. The molecule has 1 aliphatic carbocycles. The van der Waals surface area contributed by atoms with Gasteiger partial charge in [-0.1, -0.05) is 19.3 Å². The van der Waals surface area contributed by atoms with E-state index < -0.39 is 0 Å². The predicted molar refractivity (Wildman–Crippen MR) is 72.3 cm³/mol. The van der Waals surface area contributed by atoms with Gasteiger partial charge in [-0.2, -0.15) is 0 Å². The van der Waals surface area contributed by atoms with E-state index in [4.69, 9.17) is 0 Å². The minimum Gasteiger partial charge on any atom is -0.340 e. The highest BCUT2D eigenvalue weighted by atomic mass is 16.2. The van der Waals surface area contributed by atoms with E-state index in [-0.39, 0.29) is 0 Å². The Morgan fingerprint density at radius 3 is 2.67 bits per heavy atom. The highest BCUT2D eigenvalue weighted by Crippen LogP contribution is 2.32. The monoisotopic (exact) mass is 250 g/mol. The quantitative estimate of drug-likeness (QED) is 0.773. The molecule has 2 saturated heterocycles. The van der Waals surface area contributed by atoms with E-state index in [1.54, 1.807) is 0 Å². The minimum atomic E-state index is 0.455. The fraction of sp³-hybridized carbons (Fsp3) is 0.933. The third kappa shape index (κ3) is 2.56. The smallest absolute Gasteiger partial charge is 0.223 e. The van der Waals surface area contributed by atoms with Gasteiger partial charge in [-0.3, -0.25) is 4.79 Å². The average molecular weight is 250 g/mol. The van der Waals surface area contributed by atoms with Crippen LogP contribution < -0.4 is 5.32 Å². The van der Waals surface area contributed by atoms with Crippen LogP contribution in [0.3, 0.4) is 0 Å². The van der Waals surface area contributed by atoms with Crippen LogP contribution in [0.5, 0.6) is 0 Å². The van der Waals surface area contributed by atoms with Crippen molar-refractivity contribution in [2.45, 2.75) is 57.4 Å². The molecule has 18 heavy (non-hydrogen) atoms. The van der Waals surface area contributed by atoms with Crippen LogP contribution in [0, 0.1) is 11.8 Å². The largest absolute Gasteiger partial charge is 0.340 e. The van der Waals surface area contributed by atoms with E-state index in [0.717, 1.165) is 32.0 Å². The van der Waals surface area contributed by atoms with Crippen molar-refractivity contribution < 1.29 is 4.79 Å². The van der Waals surface area contributed by atoms with Crippen molar-refractivity contribution in [3.63, 3.8) is 0 Å². The molecule has 3 nitrogen and oxygen atoms in total. The van der Waals surface area contributed by atoms with Gasteiger partial charge in [-0.15, -0.1) is 0 Å². The van der Waals surface area contributed by atoms with Gasteiger partial charge < -0.3 is 10.2 Å². The number of amides is 1. The predicted octanol–water partition coefficient (Wildman–Crippen LogP) is 2.17. The van der Waals surface area contributed by atoms with Crippen LogP contribution in [0.25, 0.3) is 0 Å². The number of carbonyl (C=O) groups is 1. The molecule has 2 unspecified atom stereocenters. The maximum atomic E-state index is 12.5. The van der Waals surface area contributed by atoms with E-state index in [2.05, 4.69) is 10.2 Å². The van der Waals surface area contributed by atoms with Crippen LogP contribution in [0.4, 0.5) is 0 Å². The Kier molecular flexibility index (Phi) is 3.88. The lowest BCUT2D eigenvalue weighted by Crippen LogP contribution is -2.41. The molecule has 3 aliphatic rings. The van der Waals surface area contributed by atoms with E-state index in [0.29, 0.717) is 17.9 Å². The third-order valence-corrected chi connectivity index (χ3v) is 5.28. The topological polar surface area (TPSA) is 32.3 Å². The summed E-state index contributed by atoms with van der Waals surface area (Å²) in [6.07, 6.45) is 9.76. The lowest BCUT2D eigenvalue weighted by molar-refractivity contribution is -0.134. The van der Waals surface area contributed by atoms with Crippen molar-refractivity contribution in [1.29, 1.82) is 0 Å². The van der Waals surface area contributed by atoms with Crippen LogP contribution in [0.2, 0.25) is 0 Å². The number of piperidine rings is 1. The van der Waals surface area contributed by atoms with Gasteiger partial charge in [0.05, 0.1) is 0 Å². The first-order chi connectivity index (χ1) is 8.84.